The largest absolute Gasteiger partial charge is 0.395 e. The minimum atomic E-state index is -0.180. The SMILES string of the molecule is Cc1cc(C(=O)Nc2cccc(C#CCCO)c2)ccn1. The van der Waals surface area contributed by atoms with Gasteiger partial charge in [-0.15, -0.1) is 0 Å². The molecule has 2 aromatic rings. The normalized spacial score (nSPS) is 9.62. The highest BCUT2D eigenvalue weighted by atomic mass is 16.2. The summed E-state index contributed by atoms with van der Waals surface area (Å²) in [6.07, 6.45) is 2.05. The summed E-state index contributed by atoms with van der Waals surface area (Å²) in [5.74, 6) is 5.61. The molecule has 2 N–H and O–H groups in total. The lowest BCUT2D eigenvalue weighted by Crippen LogP contribution is -2.12. The summed E-state index contributed by atoms with van der Waals surface area (Å²) in [6.45, 7) is 1.89. The number of nitrogens with zero attached hydrogens (tertiary/aromatic N) is 1. The Balaban J connectivity index is 2.11. The van der Waals surface area contributed by atoms with Crippen molar-refractivity contribution in [2.45, 2.75) is 13.3 Å². The Labute approximate surface area is 123 Å². The number of aryl methyl sites for hydroxylation is 1. The minimum Gasteiger partial charge on any atom is -0.395 e. The standard InChI is InChI=1S/C17H16N2O2/c1-13-11-15(8-9-18-13)17(21)19-16-7-4-6-14(12-16)5-2-3-10-20/h4,6-9,11-12,20H,3,10H2,1H3,(H,19,21). The molecule has 0 spiro atoms. The first-order valence-electron chi connectivity index (χ1n) is 6.63. The zero-order valence-electron chi connectivity index (χ0n) is 11.8. The first kappa shape index (κ1) is 14.8. The van der Waals surface area contributed by atoms with E-state index < -0.39 is 0 Å². The number of rotatable bonds is 3. The lowest BCUT2D eigenvalue weighted by atomic mass is 10.2. The molecule has 4 nitrogen and oxygen atoms in total. The van der Waals surface area contributed by atoms with Crippen LogP contribution in [-0.2, 0) is 0 Å². The van der Waals surface area contributed by atoms with Crippen LogP contribution in [0.5, 0.6) is 0 Å². The van der Waals surface area contributed by atoms with Crippen molar-refractivity contribution in [1.29, 1.82) is 0 Å². The van der Waals surface area contributed by atoms with Gasteiger partial charge in [0.2, 0.25) is 0 Å². The summed E-state index contributed by atoms with van der Waals surface area (Å²) in [5.41, 5.74) is 2.85. The summed E-state index contributed by atoms with van der Waals surface area (Å²) in [4.78, 5) is 16.2. The van der Waals surface area contributed by atoms with Crippen LogP contribution in [0.4, 0.5) is 5.69 Å². The molecular weight excluding hydrogens is 264 g/mol. The number of aliphatic hydroxyl groups excluding tert-OH is 1. The van der Waals surface area contributed by atoms with Gasteiger partial charge >= 0.3 is 0 Å². The molecule has 1 heterocycles. The fourth-order valence-electron chi connectivity index (χ4n) is 1.79. The van der Waals surface area contributed by atoms with Gasteiger partial charge in [0.1, 0.15) is 0 Å². The average molecular weight is 280 g/mol. The maximum Gasteiger partial charge on any atom is 0.255 e. The summed E-state index contributed by atoms with van der Waals surface area (Å²) in [6, 6.07) is 10.7. The van der Waals surface area contributed by atoms with E-state index in [2.05, 4.69) is 22.1 Å². The van der Waals surface area contributed by atoms with Gasteiger partial charge in [-0.05, 0) is 37.3 Å². The molecule has 0 bridgehead atoms. The van der Waals surface area contributed by atoms with E-state index >= 15 is 0 Å². The molecule has 4 heteroatoms. The van der Waals surface area contributed by atoms with Gasteiger partial charge in [0.15, 0.2) is 0 Å². The molecule has 0 saturated carbocycles. The lowest BCUT2D eigenvalue weighted by molar-refractivity contribution is 0.102. The molecule has 1 aromatic carbocycles. The second kappa shape index (κ2) is 7.22. The molecule has 21 heavy (non-hydrogen) atoms. The Hall–Kier alpha value is -2.64. The molecule has 2 rings (SSSR count). The Morgan fingerprint density at radius 1 is 1.33 bits per heavy atom. The number of anilines is 1. The van der Waals surface area contributed by atoms with Crippen LogP contribution >= 0.6 is 0 Å². The molecule has 0 aliphatic carbocycles. The number of aromatic nitrogens is 1. The number of hydrogen-bond donors (Lipinski definition) is 2. The van der Waals surface area contributed by atoms with Crippen LogP contribution in [0.15, 0.2) is 42.6 Å². The number of benzene rings is 1. The van der Waals surface area contributed by atoms with Crippen LogP contribution in [0.25, 0.3) is 0 Å². The summed E-state index contributed by atoms with van der Waals surface area (Å²) in [5, 5.41) is 11.5. The third-order valence-corrected chi connectivity index (χ3v) is 2.75. The molecule has 1 amide bonds. The van der Waals surface area contributed by atoms with Crippen molar-refractivity contribution < 1.29 is 9.90 Å². The first-order valence-corrected chi connectivity index (χ1v) is 6.63. The third-order valence-electron chi connectivity index (χ3n) is 2.75. The number of amides is 1. The number of carbonyl (C=O) groups excluding carboxylic acids is 1. The molecule has 0 aliphatic rings. The van der Waals surface area contributed by atoms with Gasteiger partial charge in [-0.25, -0.2) is 0 Å². The van der Waals surface area contributed by atoms with E-state index in [0.29, 0.717) is 17.7 Å². The van der Waals surface area contributed by atoms with Gasteiger partial charge < -0.3 is 10.4 Å². The highest BCUT2D eigenvalue weighted by Crippen LogP contribution is 2.12. The van der Waals surface area contributed by atoms with E-state index in [-0.39, 0.29) is 12.5 Å². The van der Waals surface area contributed by atoms with E-state index in [0.717, 1.165) is 11.3 Å². The number of pyridine rings is 1. The molecule has 0 atom stereocenters. The fourth-order valence-corrected chi connectivity index (χ4v) is 1.79. The Morgan fingerprint density at radius 2 is 2.19 bits per heavy atom. The monoisotopic (exact) mass is 280 g/mol. The molecule has 106 valence electrons. The smallest absolute Gasteiger partial charge is 0.255 e. The maximum atomic E-state index is 12.1. The van der Waals surface area contributed by atoms with Crippen LogP contribution in [0.2, 0.25) is 0 Å². The van der Waals surface area contributed by atoms with E-state index in [1.165, 1.54) is 0 Å². The summed E-state index contributed by atoms with van der Waals surface area (Å²) < 4.78 is 0. The molecule has 0 saturated heterocycles. The van der Waals surface area contributed by atoms with Crippen molar-refractivity contribution in [3.63, 3.8) is 0 Å². The topological polar surface area (TPSA) is 62.2 Å². The van der Waals surface area contributed by atoms with E-state index in [1.54, 1.807) is 24.4 Å². The number of nitrogens with one attached hydrogen (secondary N) is 1. The van der Waals surface area contributed by atoms with Gasteiger partial charge in [-0.2, -0.15) is 0 Å². The van der Waals surface area contributed by atoms with Gasteiger partial charge in [-0.1, -0.05) is 17.9 Å². The van der Waals surface area contributed by atoms with Gasteiger partial charge in [0.25, 0.3) is 5.91 Å². The van der Waals surface area contributed by atoms with Gasteiger partial charge in [0.05, 0.1) is 6.61 Å². The van der Waals surface area contributed by atoms with E-state index in [1.807, 2.05) is 25.1 Å². The fraction of sp³-hybridized carbons (Fsp3) is 0.176. The summed E-state index contributed by atoms with van der Waals surface area (Å²) in [7, 11) is 0. The quantitative estimate of drug-likeness (QED) is 0.849. The Bertz CT molecular complexity index is 699. The van der Waals surface area contributed by atoms with Crippen molar-refractivity contribution >= 4 is 11.6 Å². The zero-order valence-corrected chi connectivity index (χ0v) is 11.8. The zero-order chi connectivity index (χ0) is 15.1. The van der Waals surface area contributed by atoms with Crippen LogP contribution in [0.3, 0.4) is 0 Å². The lowest BCUT2D eigenvalue weighted by Gasteiger charge is -2.06. The summed E-state index contributed by atoms with van der Waals surface area (Å²) >= 11 is 0. The Morgan fingerprint density at radius 3 is 2.95 bits per heavy atom. The predicted molar refractivity (Wildman–Crippen MR) is 82.0 cm³/mol. The highest BCUT2D eigenvalue weighted by Gasteiger charge is 2.06. The van der Waals surface area contributed by atoms with E-state index in [4.69, 9.17) is 5.11 Å². The first-order chi connectivity index (χ1) is 10.2. The molecule has 0 fully saturated rings. The molecule has 1 aromatic heterocycles. The maximum absolute atomic E-state index is 12.1. The van der Waals surface area contributed by atoms with Crippen LogP contribution in [0, 0.1) is 18.8 Å². The van der Waals surface area contributed by atoms with Gasteiger partial charge in [0, 0.05) is 35.1 Å². The molecular formula is C17H16N2O2. The van der Waals surface area contributed by atoms with Crippen molar-refractivity contribution in [1.82, 2.24) is 4.98 Å². The number of hydrogen-bond acceptors (Lipinski definition) is 3. The minimum absolute atomic E-state index is 0.0464. The molecule has 0 aliphatic heterocycles. The average Bonchev–Trinajstić information content (AvgIpc) is 2.48. The van der Waals surface area contributed by atoms with Crippen molar-refractivity contribution in [3.8, 4) is 11.8 Å². The third kappa shape index (κ3) is 4.44. The number of carbonyl (C=O) groups is 1. The van der Waals surface area contributed by atoms with Crippen LogP contribution in [0.1, 0.15) is 28.0 Å². The van der Waals surface area contributed by atoms with Crippen molar-refractivity contribution in [2.75, 3.05) is 11.9 Å². The van der Waals surface area contributed by atoms with Crippen LogP contribution < -0.4 is 5.32 Å². The second-order valence-corrected chi connectivity index (χ2v) is 4.50. The second-order valence-electron chi connectivity index (χ2n) is 4.50. The van der Waals surface area contributed by atoms with Crippen molar-refractivity contribution in [2.24, 2.45) is 0 Å². The predicted octanol–water partition coefficient (Wildman–Crippen LogP) is 2.38. The van der Waals surface area contributed by atoms with Crippen molar-refractivity contribution in [3.05, 3.63) is 59.4 Å². The van der Waals surface area contributed by atoms with Crippen LogP contribution in [-0.4, -0.2) is 22.6 Å². The molecule has 0 unspecified atom stereocenters. The highest BCUT2D eigenvalue weighted by molar-refractivity contribution is 6.04. The van der Waals surface area contributed by atoms with Gasteiger partial charge in [-0.3, -0.25) is 9.78 Å². The Kier molecular flexibility index (Phi) is 5.08. The number of aliphatic hydroxyl groups is 1. The van der Waals surface area contributed by atoms with E-state index in [9.17, 15) is 4.79 Å². The molecule has 0 radical (unpaired) electrons.